The van der Waals surface area contributed by atoms with Crippen molar-refractivity contribution in [1.29, 1.82) is 0 Å². The first-order valence-corrected chi connectivity index (χ1v) is 15.7. The number of rotatable bonds is 13. The summed E-state index contributed by atoms with van der Waals surface area (Å²) in [7, 11) is 0. The number of likely N-dealkylation sites (tertiary alicyclic amines) is 1. The van der Waals surface area contributed by atoms with Gasteiger partial charge in [-0.25, -0.2) is 0 Å². The predicted molar refractivity (Wildman–Crippen MR) is 171 cm³/mol. The monoisotopic (exact) mass is 619 g/mol. The molecule has 1 spiro atoms. The van der Waals surface area contributed by atoms with E-state index in [0.29, 0.717) is 43.1 Å². The van der Waals surface area contributed by atoms with Crippen LogP contribution >= 0.6 is 11.6 Å². The molecule has 3 aliphatic heterocycles. The van der Waals surface area contributed by atoms with Gasteiger partial charge in [0, 0.05) is 32.8 Å². The van der Waals surface area contributed by atoms with Gasteiger partial charge in [0.1, 0.15) is 11.6 Å². The fraction of sp³-hybridized carbons (Fsp3) is 0.457. The lowest BCUT2D eigenvalue weighted by molar-refractivity contribution is -0.151. The van der Waals surface area contributed by atoms with E-state index in [-0.39, 0.29) is 43.3 Å². The van der Waals surface area contributed by atoms with Gasteiger partial charge in [-0.05, 0) is 49.8 Å². The van der Waals surface area contributed by atoms with Crippen molar-refractivity contribution in [2.45, 2.75) is 56.9 Å². The van der Waals surface area contributed by atoms with Crippen molar-refractivity contribution in [3.05, 3.63) is 90.5 Å². The molecule has 2 aromatic rings. The number of unbranched alkanes of at least 4 members (excludes halogenated alkanes) is 1. The number of halogens is 1. The number of hydrogen-bond donors (Lipinski definition) is 1. The topological polar surface area (TPSA) is 90.4 Å². The van der Waals surface area contributed by atoms with E-state index in [4.69, 9.17) is 16.3 Å². The molecule has 44 heavy (non-hydrogen) atoms. The highest BCUT2D eigenvalue weighted by atomic mass is 35.5. The molecule has 0 radical (unpaired) electrons. The second kappa shape index (κ2) is 12.9. The summed E-state index contributed by atoms with van der Waals surface area (Å²) < 4.78 is 6.94. The standard InChI is InChI=1S/C35H42ClN3O5/c1-5-18-37(23-25-14-8-7-9-15-25)31(41)28-29-32(42)39(20-12-13-21-40)30(35(29)22-24(3)34(28,4)44-35)33(43)38(19-6-2)27-17-11-10-16-26(27)36/h5-11,14-17,24,28-30,40H,1-2,12-13,18-23H2,3-4H3/t24?,28-,29+,30?,34+,35?/m1/s1. The normalized spacial score (nSPS) is 28.5. The van der Waals surface area contributed by atoms with Crippen molar-refractivity contribution >= 4 is 35.0 Å². The summed E-state index contributed by atoms with van der Waals surface area (Å²) in [6.07, 6.45) is 4.76. The molecule has 3 fully saturated rings. The molecule has 3 saturated heterocycles. The van der Waals surface area contributed by atoms with Crippen LogP contribution in [-0.2, 0) is 25.7 Å². The molecular weight excluding hydrogens is 578 g/mol. The summed E-state index contributed by atoms with van der Waals surface area (Å²) in [5, 5.41) is 9.91. The Hall–Kier alpha value is -3.46. The third-order valence-corrected chi connectivity index (χ3v) is 10.0. The molecule has 9 heteroatoms. The first-order valence-electron chi connectivity index (χ1n) is 15.4. The molecule has 0 saturated carbocycles. The molecule has 1 N–H and O–H groups in total. The summed E-state index contributed by atoms with van der Waals surface area (Å²) in [4.78, 5) is 48.8. The number of carbonyl (C=O) groups excluding carboxylic acids is 3. The van der Waals surface area contributed by atoms with E-state index >= 15 is 0 Å². The lowest BCUT2D eigenvalue weighted by atomic mass is 9.62. The first-order chi connectivity index (χ1) is 21.1. The van der Waals surface area contributed by atoms with Crippen molar-refractivity contribution in [1.82, 2.24) is 9.80 Å². The highest BCUT2D eigenvalue weighted by Gasteiger charge is 2.80. The van der Waals surface area contributed by atoms with Crippen LogP contribution in [0.15, 0.2) is 79.9 Å². The largest absolute Gasteiger partial charge is 0.396 e. The molecule has 0 aromatic heterocycles. The molecule has 234 valence electrons. The Kier molecular flexibility index (Phi) is 9.35. The number of nitrogens with zero attached hydrogens (tertiary/aromatic N) is 3. The number of carbonyl (C=O) groups is 3. The number of hydrogen-bond acceptors (Lipinski definition) is 5. The Balaban J connectivity index is 1.59. The van der Waals surface area contributed by atoms with Gasteiger partial charge in [0.2, 0.25) is 11.8 Å². The number of ether oxygens (including phenoxy) is 1. The third kappa shape index (κ3) is 5.27. The van der Waals surface area contributed by atoms with E-state index in [2.05, 4.69) is 13.2 Å². The first kappa shape index (κ1) is 31.9. The smallest absolute Gasteiger partial charge is 0.253 e. The minimum Gasteiger partial charge on any atom is -0.396 e. The van der Waals surface area contributed by atoms with Gasteiger partial charge in [0.25, 0.3) is 5.91 Å². The third-order valence-electron chi connectivity index (χ3n) is 9.72. The van der Waals surface area contributed by atoms with Crippen molar-refractivity contribution in [3.63, 3.8) is 0 Å². The molecule has 6 atom stereocenters. The van der Waals surface area contributed by atoms with Crippen LogP contribution in [0.2, 0.25) is 5.02 Å². The summed E-state index contributed by atoms with van der Waals surface area (Å²) >= 11 is 6.58. The number of benzene rings is 2. The van der Waals surface area contributed by atoms with Gasteiger partial charge >= 0.3 is 0 Å². The van der Waals surface area contributed by atoms with Crippen LogP contribution < -0.4 is 4.90 Å². The van der Waals surface area contributed by atoms with E-state index in [0.717, 1.165) is 5.56 Å². The van der Waals surface area contributed by atoms with E-state index in [9.17, 15) is 19.5 Å². The van der Waals surface area contributed by atoms with E-state index in [1.165, 1.54) is 0 Å². The maximum absolute atomic E-state index is 14.8. The average Bonchev–Trinajstić information content (AvgIpc) is 3.52. The molecule has 2 aromatic carbocycles. The van der Waals surface area contributed by atoms with Gasteiger partial charge in [0.15, 0.2) is 0 Å². The lowest BCUT2D eigenvalue weighted by Gasteiger charge is -2.39. The Morgan fingerprint density at radius 1 is 1.07 bits per heavy atom. The number of fused-ring (bicyclic) bond motifs is 1. The zero-order valence-corrected chi connectivity index (χ0v) is 26.3. The van der Waals surface area contributed by atoms with E-state index in [1.54, 1.807) is 51.1 Å². The molecule has 3 amide bonds. The Labute approximate surface area is 264 Å². The molecule has 8 nitrogen and oxygen atoms in total. The second-order valence-electron chi connectivity index (χ2n) is 12.3. The quantitative estimate of drug-likeness (QED) is 0.256. The molecule has 0 aliphatic carbocycles. The molecule has 3 aliphatic rings. The van der Waals surface area contributed by atoms with Gasteiger partial charge in [-0.2, -0.15) is 0 Å². The summed E-state index contributed by atoms with van der Waals surface area (Å²) in [5.41, 5.74) is -0.663. The summed E-state index contributed by atoms with van der Waals surface area (Å²) in [5.74, 6) is -2.47. The fourth-order valence-electron chi connectivity index (χ4n) is 7.67. The van der Waals surface area contributed by atoms with Gasteiger partial charge in [-0.15, -0.1) is 13.2 Å². The average molecular weight is 620 g/mol. The number of amides is 3. The molecular formula is C35H42ClN3O5. The summed E-state index contributed by atoms with van der Waals surface area (Å²) in [6.45, 7) is 12.8. The van der Waals surface area contributed by atoms with Gasteiger partial charge < -0.3 is 24.5 Å². The van der Waals surface area contributed by atoms with E-state index < -0.39 is 29.1 Å². The maximum Gasteiger partial charge on any atom is 0.253 e. The van der Waals surface area contributed by atoms with Crippen LogP contribution in [0.3, 0.4) is 0 Å². The zero-order chi connectivity index (χ0) is 31.6. The second-order valence-corrected chi connectivity index (χ2v) is 12.8. The van der Waals surface area contributed by atoms with Crippen LogP contribution in [0.1, 0.15) is 38.7 Å². The Morgan fingerprint density at radius 2 is 1.75 bits per heavy atom. The number of para-hydroxylation sites is 1. The van der Waals surface area contributed by atoms with Crippen LogP contribution in [0.25, 0.3) is 0 Å². The lowest BCUT2D eigenvalue weighted by Crippen LogP contribution is -2.57. The number of anilines is 1. The van der Waals surface area contributed by atoms with Crippen molar-refractivity contribution < 1.29 is 24.2 Å². The van der Waals surface area contributed by atoms with Gasteiger partial charge in [-0.3, -0.25) is 14.4 Å². The van der Waals surface area contributed by atoms with Crippen LogP contribution in [0.5, 0.6) is 0 Å². The maximum atomic E-state index is 14.8. The SMILES string of the molecule is C=CCN(Cc1ccccc1)C(=O)[C@H]1[C@H]2C(=O)N(CCCCO)C(C(=O)N(CC=C)c3ccccc3Cl)C23CC(C)[C@]1(C)O3. The number of aliphatic hydroxyl groups excluding tert-OH is 1. The van der Waals surface area contributed by atoms with Gasteiger partial charge in [-0.1, -0.05) is 73.1 Å². The highest BCUT2D eigenvalue weighted by Crippen LogP contribution is 2.65. The Morgan fingerprint density at radius 3 is 2.41 bits per heavy atom. The molecule has 3 heterocycles. The highest BCUT2D eigenvalue weighted by molar-refractivity contribution is 6.34. The minimum absolute atomic E-state index is 0.0276. The Bertz CT molecular complexity index is 1420. The van der Waals surface area contributed by atoms with Gasteiger partial charge in [0.05, 0.1) is 28.1 Å². The van der Waals surface area contributed by atoms with Crippen molar-refractivity contribution in [2.75, 3.05) is 31.1 Å². The van der Waals surface area contributed by atoms with Crippen LogP contribution in [0, 0.1) is 17.8 Å². The molecule has 3 unspecified atom stereocenters. The van der Waals surface area contributed by atoms with E-state index in [1.807, 2.05) is 44.2 Å². The summed E-state index contributed by atoms with van der Waals surface area (Å²) in [6, 6.07) is 15.8. The van der Waals surface area contributed by atoms with Crippen molar-refractivity contribution in [3.8, 4) is 0 Å². The van der Waals surface area contributed by atoms with Crippen LogP contribution in [0.4, 0.5) is 5.69 Å². The minimum atomic E-state index is -1.20. The number of aliphatic hydroxyl groups is 1. The zero-order valence-electron chi connectivity index (χ0n) is 25.5. The molecule has 5 rings (SSSR count). The molecule has 2 bridgehead atoms. The fourth-order valence-corrected chi connectivity index (χ4v) is 7.91. The van der Waals surface area contributed by atoms with Crippen LogP contribution in [-0.4, -0.2) is 76.1 Å². The predicted octanol–water partition coefficient (Wildman–Crippen LogP) is 4.86. The van der Waals surface area contributed by atoms with Crippen molar-refractivity contribution in [2.24, 2.45) is 17.8 Å².